The van der Waals surface area contributed by atoms with Crippen molar-refractivity contribution in [3.05, 3.63) is 16.3 Å². The summed E-state index contributed by atoms with van der Waals surface area (Å²) in [4.78, 5) is 24.6. The van der Waals surface area contributed by atoms with Crippen LogP contribution in [0.15, 0.2) is 16.3 Å². The fourth-order valence-electron chi connectivity index (χ4n) is 1.16. The maximum absolute atomic E-state index is 11.8. The van der Waals surface area contributed by atoms with Crippen LogP contribution in [-0.2, 0) is 9.53 Å². The number of rotatable bonds is 5. The maximum atomic E-state index is 11.8. The third-order valence-corrected chi connectivity index (χ3v) is 3.64. The van der Waals surface area contributed by atoms with Crippen LogP contribution in [0.3, 0.4) is 0 Å². The summed E-state index contributed by atoms with van der Waals surface area (Å²) in [6, 6.07) is 1.89. The van der Waals surface area contributed by atoms with Crippen LogP contribution >= 0.6 is 23.1 Å². The molecule has 0 saturated heterocycles. The monoisotopic (exact) mass is 273 g/mol. The molecule has 6 heteroatoms. The predicted molar refractivity (Wildman–Crippen MR) is 69.7 cm³/mol. The van der Waals surface area contributed by atoms with Crippen LogP contribution in [0.1, 0.15) is 23.5 Å². The Morgan fingerprint density at radius 1 is 1.53 bits per heavy atom. The molecule has 0 fully saturated rings. The fourth-order valence-corrected chi connectivity index (χ4v) is 2.83. The molecule has 0 atom stereocenters. The SMILES string of the molecule is CSc1ccsc1C(=O)NCC(=O)OC(C)C. The number of thioether (sulfide) groups is 1. The lowest BCUT2D eigenvalue weighted by molar-refractivity contribution is -0.146. The van der Waals surface area contributed by atoms with Crippen LogP contribution in [0.4, 0.5) is 0 Å². The van der Waals surface area contributed by atoms with Gasteiger partial charge in [0.1, 0.15) is 11.4 Å². The van der Waals surface area contributed by atoms with Gasteiger partial charge in [-0.15, -0.1) is 23.1 Å². The van der Waals surface area contributed by atoms with Crippen LogP contribution < -0.4 is 5.32 Å². The lowest BCUT2D eigenvalue weighted by Gasteiger charge is -2.08. The zero-order valence-corrected chi connectivity index (χ0v) is 11.6. The molecule has 1 heterocycles. The van der Waals surface area contributed by atoms with E-state index in [0.29, 0.717) is 4.88 Å². The fraction of sp³-hybridized carbons (Fsp3) is 0.455. The minimum atomic E-state index is -0.421. The molecular formula is C11H15NO3S2. The standard InChI is InChI=1S/C11H15NO3S2/c1-7(2)15-9(13)6-12-11(14)10-8(16-3)4-5-17-10/h4-5,7H,6H2,1-3H3,(H,12,14). The summed E-state index contributed by atoms with van der Waals surface area (Å²) >= 11 is 2.87. The molecule has 17 heavy (non-hydrogen) atoms. The molecule has 4 nitrogen and oxygen atoms in total. The highest BCUT2D eigenvalue weighted by atomic mass is 32.2. The Morgan fingerprint density at radius 2 is 2.24 bits per heavy atom. The van der Waals surface area contributed by atoms with E-state index in [1.807, 2.05) is 17.7 Å². The highest BCUT2D eigenvalue weighted by molar-refractivity contribution is 7.98. The minimum absolute atomic E-state index is 0.0945. The van der Waals surface area contributed by atoms with E-state index < -0.39 is 5.97 Å². The normalized spacial score (nSPS) is 10.4. The van der Waals surface area contributed by atoms with E-state index in [-0.39, 0.29) is 18.6 Å². The van der Waals surface area contributed by atoms with Gasteiger partial charge in [0.15, 0.2) is 0 Å². The second kappa shape index (κ2) is 6.66. The molecule has 94 valence electrons. The lowest BCUT2D eigenvalue weighted by atomic mass is 10.4. The summed E-state index contributed by atoms with van der Waals surface area (Å²) < 4.78 is 4.92. The second-order valence-electron chi connectivity index (χ2n) is 3.54. The van der Waals surface area contributed by atoms with Gasteiger partial charge in [-0.25, -0.2) is 0 Å². The molecule has 1 N–H and O–H groups in total. The Morgan fingerprint density at radius 3 is 2.82 bits per heavy atom. The van der Waals surface area contributed by atoms with E-state index in [9.17, 15) is 9.59 Å². The third kappa shape index (κ3) is 4.40. The van der Waals surface area contributed by atoms with Gasteiger partial charge in [-0.2, -0.15) is 0 Å². The molecule has 0 saturated carbocycles. The average molecular weight is 273 g/mol. The summed E-state index contributed by atoms with van der Waals surface area (Å²) in [5.74, 6) is -0.652. The molecule has 0 bridgehead atoms. The summed E-state index contributed by atoms with van der Waals surface area (Å²) in [5, 5.41) is 4.40. The highest BCUT2D eigenvalue weighted by Gasteiger charge is 2.14. The van der Waals surface area contributed by atoms with Gasteiger partial charge >= 0.3 is 5.97 Å². The van der Waals surface area contributed by atoms with E-state index in [1.54, 1.807) is 13.8 Å². The first-order valence-electron chi connectivity index (χ1n) is 5.13. The molecule has 0 unspecified atom stereocenters. The Bertz CT molecular complexity index is 401. The number of hydrogen-bond donors (Lipinski definition) is 1. The van der Waals surface area contributed by atoms with Crippen molar-refractivity contribution in [2.45, 2.75) is 24.8 Å². The van der Waals surface area contributed by atoms with Crippen molar-refractivity contribution in [2.24, 2.45) is 0 Å². The Hall–Kier alpha value is -1.01. The number of nitrogens with one attached hydrogen (secondary N) is 1. The summed E-state index contributed by atoms with van der Waals surface area (Å²) in [6.07, 6.45) is 1.74. The zero-order valence-electron chi connectivity index (χ0n) is 9.98. The molecule has 1 aromatic rings. The second-order valence-corrected chi connectivity index (χ2v) is 5.30. The highest BCUT2D eigenvalue weighted by Crippen LogP contribution is 2.25. The van der Waals surface area contributed by atoms with Crippen molar-refractivity contribution in [3.63, 3.8) is 0 Å². The molecule has 0 aliphatic carbocycles. The van der Waals surface area contributed by atoms with Crippen LogP contribution in [0.5, 0.6) is 0 Å². The van der Waals surface area contributed by atoms with Crippen molar-refractivity contribution in [1.82, 2.24) is 5.32 Å². The van der Waals surface area contributed by atoms with Crippen LogP contribution in [0.2, 0.25) is 0 Å². The molecule has 1 aromatic heterocycles. The number of esters is 1. The number of amides is 1. The number of carbonyl (C=O) groups is 2. The van der Waals surface area contributed by atoms with Gasteiger partial charge in [-0.05, 0) is 31.5 Å². The van der Waals surface area contributed by atoms with Gasteiger partial charge in [-0.3, -0.25) is 9.59 Å². The number of hydrogen-bond acceptors (Lipinski definition) is 5. The quantitative estimate of drug-likeness (QED) is 0.660. The van der Waals surface area contributed by atoms with Crippen molar-refractivity contribution >= 4 is 35.0 Å². The number of carbonyl (C=O) groups excluding carboxylic acids is 2. The van der Waals surface area contributed by atoms with Crippen LogP contribution in [-0.4, -0.2) is 30.8 Å². The van der Waals surface area contributed by atoms with E-state index in [2.05, 4.69) is 5.32 Å². The topological polar surface area (TPSA) is 55.4 Å². The minimum Gasteiger partial charge on any atom is -0.462 e. The van der Waals surface area contributed by atoms with Crippen molar-refractivity contribution in [2.75, 3.05) is 12.8 Å². The summed E-state index contributed by atoms with van der Waals surface area (Å²) in [6.45, 7) is 3.44. The van der Waals surface area contributed by atoms with Gasteiger partial charge in [-0.1, -0.05) is 0 Å². The van der Waals surface area contributed by atoms with Gasteiger partial charge in [0.2, 0.25) is 0 Å². The number of ether oxygens (including phenoxy) is 1. The molecule has 0 spiro atoms. The van der Waals surface area contributed by atoms with E-state index in [0.717, 1.165) is 4.90 Å². The average Bonchev–Trinajstić information content (AvgIpc) is 2.72. The zero-order chi connectivity index (χ0) is 12.8. The summed E-state index contributed by atoms with van der Waals surface area (Å²) in [7, 11) is 0. The first kappa shape index (κ1) is 14.1. The van der Waals surface area contributed by atoms with Crippen LogP contribution in [0, 0.1) is 0 Å². The lowest BCUT2D eigenvalue weighted by Crippen LogP contribution is -2.31. The predicted octanol–water partition coefficient (Wildman–Crippen LogP) is 2.15. The van der Waals surface area contributed by atoms with Gasteiger partial charge in [0.25, 0.3) is 5.91 Å². The van der Waals surface area contributed by atoms with E-state index in [1.165, 1.54) is 23.1 Å². The maximum Gasteiger partial charge on any atom is 0.325 e. The van der Waals surface area contributed by atoms with Crippen molar-refractivity contribution in [1.29, 1.82) is 0 Å². The van der Waals surface area contributed by atoms with Crippen LogP contribution in [0.25, 0.3) is 0 Å². The molecule has 1 amide bonds. The molecule has 0 aromatic carbocycles. The Labute approximate surface area is 109 Å². The Kier molecular flexibility index (Phi) is 5.50. The first-order chi connectivity index (χ1) is 8.04. The molecule has 0 aliphatic rings. The molecule has 0 radical (unpaired) electrons. The first-order valence-corrected chi connectivity index (χ1v) is 7.24. The molecular weight excluding hydrogens is 258 g/mol. The smallest absolute Gasteiger partial charge is 0.325 e. The largest absolute Gasteiger partial charge is 0.462 e. The third-order valence-electron chi connectivity index (χ3n) is 1.82. The Balaban J connectivity index is 2.48. The summed E-state index contributed by atoms with van der Waals surface area (Å²) in [5.41, 5.74) is 0. The van der Waals surface area contributed by atoms with Crippen molar-refractivity contribution < 1.29 is 14.3 Å². The van der Waals surface area contributed by atoms with Gasteiger partial charge in [0.05, 0.1) is 6.10 Å². The number of thiophene rings is 1. The molecule has 1 rings (SSSR count). The van der Waals surface area contributed by atoms with E-state index in [4.69, 9.17) is 4.74 Å². The van der Waals surface area contributed by atoms with Gasteiger partial charge in [0, 0.05) is 4.90 Å². The van der Waals surface area contributed by atoms with E-state index >= 15 is 0 Å². The van der Waals surface area contributed by atoms with Gasteiger partial charge < -0.3 is 10.1 Å². The van der Waals surface area contributed by atoms with Crippen molar-refractivity contribution in [3.8, 4) is 0 Å². The molecule has 0 aliphatic heterocycles.